The zero-order valence-electron chi connectivity index (χ0n) is 7.16. The van der Waals surface area contributed by atoms with Crippen molar-refractivity contribution in [1.82, 2.24) is 10.3 Å². The van der Waals surface area contributed by atoms with E-state index in [0.717, 1.165) is 18.8 Å². The third-order valence-corrected chi connectivity index (χ3v) is 2.36. The number of ether oxygens (including phenoxy) is 1. The van der Waals surface area contributed by atoms with Gasteiger partial charge in [-0.3, -0.25) is 4.98 Å². The van der Waals surface area contributed by atoms with E-state index >= 15 is 0 Å². The molecular formula is C9H11ClN2O. The molecule has 0 spiro atoms. The van der Waals surface area contributed by atoms with Crippen LogP contribution in [0.2, 0.25) is 5.02 Å². The number of halogens is 1. The van der Waals surface area contributed by atoms with Crippen LogP contribution in [0, 0.1) is 0 Å². The number of nitrogens with one attached hydrogen (secondary N) is 1. The lowest BCUT2D eigenvalue weighted by Gasteiger charge is -2.23. The monoisotopic (exact) mass is 198 g/mol. The van der Waals surface area contributed by atoms with Gasteiger partial charge in [0, 0.05) is 12.7 Å². The summed E-state index contributed by atoms with van der Waals surface area (Å²) in [5.41, 5.74) is 0.879. The molecule has 13 heavy (non-hydrogen) atoms. The summed E-state index contributed by atoms with van der Waals surface area (Å²) in [5.74, 6) is 0. The van der Waals surface area contributed by atoms with Crippen molar-refractivity contribution in [3.63, 3.8) is 0 Å². The largest absolute Gasteiger partial charge is 0.378 e. The van der Waals surface area contributed by atoms with E-state index in [9.17, 15) is 0 Å². The first-order chi connectivity index (χ1) is 6.38. The van der Waals surface area contributed by atoms with Crippen LogP contribution >= 0.6 is 11.6 Å². The van der Waals surface area contributed by atoms with Gasteiger partial charge in [-0.1, -0.05) is 11.6 Å². The van der Waals surface area contributed by atoms with Crippen molar-refractivity contribution in [3.8, 4) is 0 Å². The number of rotatable bonds is 1. The highest BCUT2D eigenvalue weighted by molar-refractivity contribution is 6.31. The quantitative estimate of drug-likeness (QED) is 0.741. The van der Waals surface area contributed by atoms with Gasteiger partial charge in [0.15, 0.2) is 0 Å². The van der Waals surface area contributed by atoms with Crippen LogP contribution in [-0.4, -0.2) is 24.7 Å². The molecule has 1 aromatic rings. The molecule has 0 amide bonds. The van der Waals surface area contributed by atoms with Crippen molar-refractivity contribution < 1.29 is 4.74 Å². The maximum absolute atomic E-state index is 6.00. The van der Waals surface area contributed by atoms with E-state index in [0.29, 0.717) is 11.6 Å². The maximum atomic E-state index is 6.00. The van der Waals surface area contributed by atoms with Gasteiger partial charge < -0.3 is 10.1 Å². The average molecular weight is 199 g/mol. The molecule has 0 radical (unpaired) electrons. The fraction of sp³-hybridized carbons (Fsp3) is 0.444. The molecule has 2 heterocycles. The van der Waals surface area contributed by atoms with Crippen LogP contribution in [0.5, 0.6) is 0 Å². The van der Waals surface area contributed by atoms with Crippen molar-refractivity contribution in [2.75, 3.05) is 19.8 Å². The van der Waals surface area contributed by atoms with Crippen molar-refractivity contribution in [2.24, 2.45) is 0 Å². The Labute approximate surface area is 82.1 Å². The third-order valence-electron chi connectivity index (χ3n) is 2.04. The van der Waals surface area contributed by atoms with E-state index in [2.05, 4.69) is 10.3 Å². The summed E-state index contributed by atoms with van der Waals surface area (Å²) >= 11 is 6.00. The minimum atomic E-state index is 0.141. The molecule has 2 rings (SSSR count). The lowest BCUT2D eigenvalue weighted by molar-refractivity contribution is 0.0756. The number of pyridine rings is 1. The van der Waals surface area contributed by atoms with Gasteiger partial charge in [0.25, 0.3) is 0 Å². The lowest BCUT2D eigenvalue weighted by atomic mass is 10.2. The van der Waals surface area contributed by atoms with Gasteiger partial charge in [0.05, 0.1) is 30.0 Å². The summed E-state index contributed by atoms with van der Waals surface area (Å²) in [5, 5.41) is 4.00. The van der Waals surface area contributed by atoms with Crippen molar-refractivity contribution in [2.45, 2.75) is 6.04 Å². The number of hydrogen-bond acceptors (Lipinski definition) is 3. The first-order valence-electron chi connectivity index (χ1n) is 4.29. The van der Waals surface area contributed by atoms with Gasteiger partial charge >= 0.3 is 0 Å². The second-order valence-electron chi connectivity index (χ2n) is 2.95. The van der Waals surface area contributed by atoms with Gasteiger partial charge in [-0.2, -0.15) is 0 Å². The molecule has 4 heteroatoms. The highest BCUT2D eigenvalue weighted by Crippen LogP contribution is 2.21. The number of nitrogens with zero attached hydrogens (tertiary/aromatic N) is 1. The Hall–Kier alpha value is -0.640. The first-order valence-corrected chi connectivity index (χ1v) is 4.67. The molecule has 1 aromatic heterocycles. The molecule has 1 atom stereocenters. The predicted molar refractivity (Wildman–Crippen MR) is 50.8 cm³/mol. The summed E-state index contributed by atoms with van der Waals surface area (Å²) in [6.45, 7) is 2.27. The summed E-state index contributed by atoms with van der Waals surface area (Å²) in [4.78, 5) is 4.23. The van der Waals surface area contributed by atoms with E-state index < -0.39 is 0 Å². The Morgan fingerprint density at radius 1 is 1.62 bits per heavy atom. The molecule has 70 valence electrons. The number of hydrogen-bond donors (Lipinski definition) is 1. The van der Waals surface area contributed by atoms with E-state index in [4.69, 9.17) is 16.3 Å². The molecule has 0 aliphatic carbocycles. The summed E-state index contributed by atoms with van der Waals surface area (Å²) in [6.07, 6.45) is 1.75. The van der Waals surface area contributed by atoms with Crippen LogP contribution in [0.4, 0.5) is 0 Å². The fourth-order valence-electron chi connectivity index (χ4n) is 1.40. The molecule has 0 aromatic carbocycles. The minimum Gasteiger partial charge on any atom is -0.378 e. The number of morpholine rings is 1. The highest BCUT2D eigenvalue weighted by atomic mass is 35.5. The van der Waals surface area contributed by atoms with Gasteiger partial charge in [-0.05, 0) is 12.1 Å². The topological polar surface area (TPSA) is 34.1 Å². The summed E-state index contributed by atoms with van der Waals surface area (Å²) < 4.78 is 5.33. The zero-order chi connectivity index (χ0) is 9.10. The van der Waals surface area contributed by atoms with Gasteiger partial charge in [-0.15, -0.1) is 0 Å². The van der Waals surface area contributed by atoms with E-state index in [-0.39, 0.29) is 6.04 Å². The second-order valence-corrected chi connectivity index (χ2v) is 3.36. The van der Waals surface area contributed by atoms with Crippen LogP contribution < -0.4 is 5.32 Å². The molecule has 0 bridgehead atoms. The molecule has 0 saturated carbocycles. The second kappa shape index (κ2) is 4.05. The molecular weight excluding hydrogens is 188 g/mol. The van der Waals surface area contributed by atoms with Crippen LogP contribution in [0.25, 0.3) is 0 Å². The lowest BCUT2D eigenvalue weighted by Crippen LogP contribution is -2.35. The molecule has 1 fully saturated rings. The maximum Gasteiger partial charge on any atom is 0.0782 e. The van der Waals surface area contributed by atoms with Crippen LogP contribution in [-0.2, 0) is 4.74 Å². The van der Waals surface area contributed by atoms with Gasteiger partial charge in [0.1, 0.15) is 0 Å². The minimum absolute atomic E-state index is 0.141. The predicted octanol–water partition coefficient (Wildman–Crippen LogP) is 1.40. The van der Waals surface area contributed by atoms with Crippen LogP contribution in [0.15, 0.2) is 18.3 Å². The Kier molecular flexibility index (Phi) is 2.78. The summed E-state index contributed by atoms with van der Waals surface area (Å²) in [7, 11) is 0. The molecule has 1 aliphatic heterocycles. The van der Waals surface area contributed by atoms with E-state index in [1.165, 1.54) is 0 Å². The molecule has 1 unspecified atom stereocenters. The van der Waals surface area contributed by atoms with Gasteiger partial charge in [-0.25, -0.2) is 0 Å². The summed E-state index contributed by atoms with van der Waals surface area (Å²) in [6, 6.07) is 3.82. The Morgan fingerprint density at radius 2 is 2.54 bits per heavy atom. The first kappa shape index (κ1) is 8.94. The average Bonchev–Trinajstić information content (AvgIpc) is 2.20. The normalized spacial score (nSPS) is 23.0. The van der Waals surface area contributed by atoms with Crippen LogP contribution in [0.1, 0.15) is 11.7 Å². The molecule has 1 N–H and O–H groups in total. The van der Waals surface area contributed by atoms with Crippen LogP contribution in [0.3, 0.4) is 0 Å². The molecule has 1 aliphatic rings. The standard InChI is InChI=1S/C9H11ClN2O/c10-7-2-1-3-12-9(7)8-6-13-5-4-11-8/h1-3,8,11H,4-6H2. The fourth-order valence-corrected chi connectivity index (χ4v) is 1.65. The Morgan fingerprint density at radius 3 is 3.23 bits per heavy atom. The van der Waals surface area contributed by atoms with Crippen molar-refractivity contribution in [3.05, 3.63) is 29.0 Å². The van der Waals surface area contributed by atoms with E-state index in [1.54, 1.807) is 6.20 Å². The van der Waals surface area contributed by atoms with Crippen molar-refractivity contribution in [1.29, 1.82) is 0 Å². The number of aromatic nitrogens is 1. The smallest absolute Gasteiger partial charge is 0.0782 e. The van der Waals surface area contributed by atoms with E-state index in [1.807, 2.05) is 12.1 Å². The third kappa shape index (κ3) is 1.99. The highest BCUT2D eigenvalue weighted by Gasteiger charge is 2.18. The SMILES string of the molecule is Clc1cccnc1C1COCCN1. The Bertz CT molecular complexity index is 287. The molecule has 1 saturated heterocycles. The Balaban J connectivity index is 2.18. The van der Waals surface area contributed by atoms with Gasteiger partial charge in [0.2, 0.25) is 0 Å². The molecule has 3 nitrogen and oxygen atoms in total. The zero-order valence-corrected chi connectivity index (χ0v) is 7.92. The van der Waals surface area contributed by atoms with Crippen molar-refractivity contribution >= 4 is 11.6 Å².